The van der Waals surface area contributed by atoms with Crippen LogP contribution in [0.2, 0.25) is 0 Å². The van der Waals surface area contributed by atoms with E-state index in [1.165, 1.54) is 11.3 Å². The Kier molecular flexibility index (Phi) is 5.82. The number of H-pyrrole nitrogens is 1. The Balaban J connectivity index is 1.23. The highest BCUT2D eigenvalue weighted by atomic mass is 32.1. The zero-order valence-electron chi connectivity index (χ0n) is 21.8. The maximum Gasteiger partial charge on any atom is 0.419 e. The molecule has 3 aromatic rings. The van der Waals surface area contributed by atoms with Crippen molar-refractivity contribution in [2.24, 2.45) is 0 Å². The monoisotopic (exact) mass is 582 g/mol. The number of rotatable bonds is 5. The summed E-state index contributed by atoms with van der Waals surface area (Å²) in [6.45, 7) is 1.88. The van der Waals surface area contributed by atoms with Crippen molar-refractivity contribution in [3.8, 4) is 18.1 Å². The highest BCUT2D eigenvalue weighted by molar-refractivity contribution is 7.16. The number of aryl methyl sites for hydroxylation is 1. The average Bonchev–Trinajstić information content (AvgIpc) is 3.69. The molecule has 3 fully saturated rings. The first-order chi connectivity index (χ1) is 19.7. The first-order valence-electron chi connectivity index (χ1n) is 13.3. The Morgan fingerprint density at radius 2 is 1.78 bits per heavy atom. The van der Waals surface area contributed by atoms with Crippen molar-refractivity contribution in [3.63, 3.8) is 0 Å². The van der Waals surface area contributed by atoms with Crippen LogP contribution in [0, 0.1) is 22.7 Å². The molecule has 1 aliphatic carbocycles. The number of ether oxygens (including phenoxy) is 1. The number of halogens is 3. The first-order valence-corrected chi connectivity index (χ1v) is 14.1. The maximum absolute atomic E-state index is 13.4. The number of thiophene rings is 1. The van der Waals surface area contributed by atoms with Gasteiger partial charge in [-0.05, 0) is 31.2 Å². The van der Waals surface area contributed by atoms with Crippen LogP contribution in [0.1, 0.15) is 52.1 Å². The number of piperazine rings is 1. The van der Waals surface area contributed by atoms with Crippen molar-refractivity contribution in [1.29, 1.82) is 10.5 Å². The summed E-state index contributed by atoms with van der Waals surface area (Å²) in [6, 6.07) is 4.97. The van der Waals surface area contributed by atoms with Gasteiger partial charge in [0.2, 0.25) is 0 Å². The number of nitrogens with one attached hydrogen (secondary N) is 2. The van der Waals surface area contributed by atoms with E-state index in [1.54, 1.807) is 0 Å². The van der Waals surface area contributed by atoms with E-state index >= 15 is 0 Å². The molecule has 2 atom stereocenters. The summed E-state index contributed by atoms with van der Waals surface area (Å²) in [5, 5.41) is 30.0. The molecule has 3 saturated heterocycles. The molecule has 0 unspecified atom stereocenters. The second-order valence-corrected chi connectivity index (χ2v) is 12.3. The van der Waals surface area contributed by atoms with Crippen molar-refractivity contribution in [2.45, 2.75) is 56.0 Å². The summed E-state index contributed by atoms with van der Waals surface area (Å²) in [6.07, 6.45) is -0.132. The quantitative estimate of drug-likeness (QED) is 0.409. The lowest BCUT2D eigenvalue weighted by molar-refractivity contribution is -0.138. The molecule has 0 radical (unpaired) electrons. The third-order valence-corrected chi connectivity index (χ3v) is 9.69. The van der Waals surface area contributed by atoms with E-state index in [0.717, 1.165) is 36.1 Å². The number of nitrogens with zero attached hydrogens (tertiary/aromatic N) is 7. The van der Waals surface area contributed by atoms with Gasteiger partial charge in [0.15, 0.2) is 11.6 Å². The van der Waals surface area contributed by atoms with Gasteiger partial charge < -0.3 is 25.6 Å². The van der Waals surface area contributed by atoms with Gasteiger partial charge in [-0.1, -0.05) is 0 Å². The minimum Gasteiger partial charge on any atom is -0.457 e. The molecule has 2 bridgehead atoms. The normalized spacial score (nSPS) is 22.4. The van der Waals surface area contributed by atoms with Crippen LogP contribution in [0.4, 0.5) is 29.8 Å². The zero-order chi connectivity index (χ0) is 28.5. The SMILES string of the molecule is N#Cc1c(N2C[C@H]3CC[C@@H](C2)N3)nc(OCc2[nH]ncc2C(F)(F)F)nc1N1CC2(CCc3sc(N)c(C#N)c32)C1. The van der Waals surface area contributed by atoms with Crippen LogP contribution in [0.5, 0.6) is 6.01 Å². The fourth-order valence-electron chi connectivity index (χ4n) is 6.79. The highest BCUT2D eigenvalue weighted by Crippen LogP contribution is 2.53. The minimum atomic E-state index is -4.59. The topological polar surface area (TPSA) is 156 Å². The Bertz CT molecular complexity index is 1600. The number of alkyl halides is 3. The van der Waals surface area contributed by atoms with Gasteiger partial charge in [0.1, 0.15) is 29.3 Å². The van der Waals surface area contributed by atoms with Crippen LogP contribution in [0.15, 0.2) is 6.20 Å². The number of fused-ring (bicyclic) bond motifs is 4. The van der Waals surface area contributed by atoms with Crippen molar-refractivity contribution in [3.05, 3.63) is 39.0 Å². The molecule has 0 aromatic carbocycles. The summed E-state index contributed by atoms with van der Waals surface area (Å²) >= 11 is 1.46. The van der Waals surface area contributed by atoms with E-state index in [1.807, 2.05) is 9.80 Å². The van der Waals surface area contributed by atoms with E-state index in [2.05, 4.69) is 37.6 Å². The number of aromatic amines is 1. The Morgan fingerprint density at radius 3 is 2.44 bits per heavy atom. The van der Waals surface area contributed by atoms with Gasteiger partial charge in [-0.2, -0.15) is 38.8 Å². The number of hydrogen-bond acceptors (Lipinski definition) is 11. The molecule has 6 heterocycles. The Morgan fingerprint density at radius 1 is 1.10 bits per heavy atom. The molecular formula is C26H25F3N10OS. The van der Waals surface area contributed by atoms with Gasteiger partial charge in [0, 0.05) is 48.6 Å². The minimum absolute atomic E-state index is 0.117. The number of hydrogen-bond donors (Lipinski definition) is 3. The lowest BCUT2D eigenvalue weighted by Gasteiger charge is -2.49. The molecule has 41 heavy (non-hydrogen) atoms. The molecular weight excluding hydrogens is 557 g/mol. The summed E-state index contributed by atoms with van der Waals surface area (Å²) in [5.74, 6) is 0.789. The second-order valence-electron chi connectivity index (χ2n) is 11.1. The fraction of sp³-hybridized carbons (Fsp3) is 0.500. The van der Waals surface area contributed by atoms with Gasteiger partial charge >= 0.3 is 12.2 Å². The largest absolute Gasteiger partial charge is 0.457 e. The van der Waals surface area contributed by atoms with E-state index < -0.39 is 18.3 Å². The smallest absolute Gasteiger partial charge is 0.419 e. The van der Waals surface area contributed by atoms with E-state index in [0.29, 0.717) is 60.1 Å². The summed E-state index contributed by atoms with van der Waals surface area (Å²) in [7, 11) is 0. The van der Waals surface area contributed by atoms with E-state index in [9.17, 15) is 23.7 Å². The molecule has 212 valence electrons. The molecule has 7 rings (SSSR count). The molecule has 0 amide bonds. The molecule has 3 aliphatic heterocycles. The molecule has 15 heteroatoms. The number of nitriles is 2. The summed E-state index contributed by atoms with van der Waals surface area (Å²) < 4.78 is 45.9. The van der Waals surface area contributed by atoms with Gasteiger partial charge in [0.25, 0.3) is 0 Å². The summed E-state index contributed by atoms with van der Waals surface area (Å²) in [4.78, 5) is 14.2. The lowest BCUT2D eigenvalue weighted by Crippen LogP contribution is -2.59. The van der Waals surface area contributed by atoms with Gasteiger partial charge in [-0.3, -0.25) is 5.10 Å². The van der Waals surface area contributed by atoms with Gasteiger partial charge in [-0.15, -0.1) is 11.3 Å². The van der Waals surface area contributed by atoms with Gasteiger partial charge in [0.05, 0.1) is 23.0 Å². The van der Waals surface area contributed by atoms with Crippen LogP contribution in [-0.2, 0) is 24.6 Å². The van der Waals surface area contributed by atoms with Crippen LogP contribution in [0.3, 0.4) is 0 Å². The van der Waals surface area contributed by atoms with Crippen LogP contribution >= 0.6 is 11.3 Å². The fourth-order valence-corrected chi connectivity index (χ4v) is 7.93. The van der Waals surface area contributed by atoms with Gasteiger partial charge in [-0.25, -0.2) is 0 Å². The van der Waals surface area contributed by atoms with Crippen LogP contribution in [0.25, 0.3) is 0 Å². The third-order valence-electron chi connectivity index (χ3n) is 8.62. The van der Waals surface area contributed by atoms with Crippen LogP contribution in [-0.4, -0.2) is 58.4 Å². The number of aromatic nitrogens is 4. The van der Waals surface area contributed by atoms with Crippen molar-refractivity contribution in [1.82, 2.24) is 25.5 Å². The zero-order valence-corrected chi connectivity index (χ0v) is 22.6. The van der Waals surface area contributed by atoms with Crippen molar-refractivity contribution >= 4 is 28.0 Å². The van der Waals surface area contributed by atoms with Crippen molar-refractivity contribution in [2.75, 3.05) is 41.7 Å². The standard InChI is InChI=1S/C26H25F3N10OS/c27-26(28,29)17-7-33-37-18(17)10-40-24-35-22(38-8-13-1-2-14(9-38)34-13)16(6-31)23(36-24)39-11-25(12-39)4-3-19-20(25)15(5-30)21(32)41-19/h7,13-14,34H,1-4,8-12,32H2,(H,33,37)/t13-,14+. The third kappa shape index (κ3) is 4.14. The number of nitrogen functional groups attached to an aromatic ring is 1. The number of nitrogens with two attached hydrogens (primary N) is 1. The Labute approximate surface area is 236 Å². The average molecular weight is 583 g/mol. The highest BCUT2D eigenvalue weighted by Gasteiger charge is 2.52. The molecule has 1 spiro atoms. The molecule has 3 aromatic heterocycles. The second kappa shape index (κ2) is 9.22. The molecule has 4 aliphatic rings. The maximum atomic E-state index is 13.4. The first kappa shape index (κ1) is 25.9. The molecule has 4 N–H and O–H groups in total. The number of anilines is 3. The summed E-state index contributed by atoms with van der Waals surface area (Å²) in [5.41, 5.74) is 6.54. The van der Waals surface area contributed by atoms with Crippen molar-refractivity contribution < 1.29 is 17.9 Å². The molecule has 0 saturated carbocycles. The van der Waals surface area contributed by atoms with E-state index in [-0.39, 0.29) is 29.2 Å². The lowest BCUT2D eigenvalue weighted by atomic mass is 9.74. The molecule has 11 nitrogen and oxygen atoms in total. The predicted molar refractivity (Wildman–Crippen MR) is 142 cm³/mol. The van der Waals surface area contributed by atoms with Crippen LogP contribution < -0.4 is 25.6 Å². The van der Waals surface area contributed by atoms with E-state index in [4.69, 9.17) is 10.5 Å². The predicted octanol–water partition coefficient (Wildman–Crippen LogP) is 2.83. The Hall–Kier alpha value is -4.08.